The number of halogens is 2. The summed E-state index contributed by atoms with van der Waals surface area (Å²) in [6.45, 7) is 0. The lowest BCUT2D eigenvalue weighted by molar-refractivity contribution is 0.756. The van der Waals surface area contributed by atoms with Crippen LogP contribution < -0.4 is 10.9 Å². The molecule has 0 atom stereocenters. The number of nitrogens with zero attached hydrogens (tertiary/aromatic N) is 1. The van der Waals surface area contributed by atoms with Crippen LogP contribution in [0.15, 0.2) is 16.9 Å². The van der Waals surface area contributed by atoms with Crippen molar-refractivity contribution in [3.8, 4) is 0 Å². The zero-order valence-electron chi connectivity index (χ0n) is 10.9. The molecule has 3 rings (SSSR count). The maximum Gasteiger partial charge on any atom is 0.260 e. The van der Waals surface area contributed by atoms with Crippen molar-refractivity contribution in [2.75, 3.05) is 5.32 Å². The topological polar surface area (TPSA) is 57.8 Å². The number of benzene rings is 1. The summed E-state index contributed by atoms with van der Waals surface area (Å²) in [6.07, 6.45) is 4.86. The molecule has 0 radical (unpaired) electrons. The highest BCUT2D eigenvalue weighted by molar-refractivity contribution is 6.35. The molecule has 0 bridgehead atoms. The van der Waals surface area contributed by atoms with E-state index in [0.29, 0.717) is 27.8 Å². The van der Waals surface area contributed by atoms with Gasteiger partial charge in [-0.15, -0.1) is 11.6 Å². The van der Waals surface area contributed by atoms with Gasteiger partial charge in [-0.1, -0.05) is 24.4 Å². The molecule has 4 nitrogen and oxygen atoms in total. The van der Waals surface area contributed by atoms with E-state index in [1.165, 1.54) is 25.7 Å². The van der Waals surface area contributed by atoms with Gasteiger partial charge in [0.1, 0.15) is 5.82 Å². The summed E-state index contributed by atoms with van der Waals surface area (Å²) in [4.78, 5) is 18.9. The Morgan fingerprint density at radius 1 is 1.35 bits per heavy atom. The summed E-state index contributed by atoms with van der Waals surface area (Å²) >= 11 is 12.0. The molecule has 20 heavy (non-hydrogen) atoms. The van der Waals surface area contributed by atoms with Gasteiger partial charge < -0.3 is 10.3 Å². The molecular formula is C14H15Cl2N3O. The number of H-pyrrole nitrogens is 1. The lowest BCUT2D eigenvalue weighted by Gasteiger charge is -2.14. The molecule has 2 N–H and O–H groups in total. The van der Waals surface area contributed by atoms with E-state index < -0.39 is 0 Å². The van der Waals surface area contributed by atoms with Gasteiger partial charge in [-0.2, -0.15) is 0 Å². The number of rotatable bonds is 3. The third kappa shape index (κ3) is 2.63. The van der Waals surface area contributed by atoms with Gasteiger partial charge in [0, 0.05) is 11.7 Å². The average molecular weight is 312 g/mol. The Morgan fingerprint density at radius 2 is 2.10 bits per heavy atom. The zero-order chi connectivity index (χ0) is 14.1. The molecule has 0 saturated heterocycles. The fourth-order valence-electron chi connectivity index (χ4n) is 2.72. The van der Waals surface area contributed by atoms with E-state index in [1.807, 2.05) is 6.07 Å². The normalized spacial score (nSPS) is 15.9. The molecule has 1 aromatic heterocycles. The van der Waals surface area contributed by atoms with E-state index in [2.05, 4.69) is 15.3 Å². The highest BCUT2D eigenvalue weighted by Crippen LogP contribution is 2.27. The first-order chi connectivity index (χ1) is 9.67. The first kappa shape index (κ1) is 13.7. The minimum atomic E-state index is -0.247. The number of fused-ring (bicyclic) bond motifs is 1. The van der Waals surface area contributed by atoms with Crippen molar-refractivity contribution >= 4 is 39.8 Å². The zero-order valence-corrected chi connectivity index (χ0v) is 12.4. The Balaban J connectivity index is 2.05. The standard InChI is InChI=1S/C14H15Cl2N3O/c15-7-12-18-11-6-9(17-8-3-1-2-4-8)5-10(16)13(11)14(20)19-12/h5-6,8,17H,1-4,7H2,(H,18,19,20). The molecule has 1 saturated carbocycles. The summed E-state index contributed by atoms with van der Waals surface area (Å²) < 4.78 is 0. The van der Waals surface area contributed by atoms with Crippen LogP contribution in [0.1, 0.15) is 31.5 Å². The minimum absolute atomic E-state index is 0.170. The second-order valence-corrected chi connectivity index (χ2v) is 5.80. The Morgan fingerprint density at radius 3 is 2.80 bits per heavy atom. The van der Waals surface area contributed by atoms with Crippen LogP contribution in [0.5, 0.6) is 0 Å². The summed E-state index contributed by atoms with van der Waals surface area (Å²) in [7, 11) is 0. The summed E-state index contributed by atoms with van der Waals surface area (Å²) in [6, 6.07) is 4.14. The van der Waals surface area contributed by atoms with Crippen LogP contribution in [0.3, 0.4) is 0 Å². The van der Waals surface area contributed by atoms with Crippen LogP contribution in [0.4, 0.5) is 5.69 Å². The predicted molar refractivity (Wildman–Crippen MR) is 82.8 cm³/mol. The second kappa shape index (κ2) is 5.62. The summed E-state index contributed by atoms with van der Waals surface area (Å²) in [5, 5.41) is 4.29. The van der Waals surface area contributed by atoms with Gasteiger partial charge >= 0.3 is 0 Å². The van der Waals surface area contributed by atoms with Crippen LogP contribution in [0.25, 0.3) is 10.9 Å². The smallest absolute Gasteiger partial charge is 0.260 e. The van der Waals surface area contributed by atoms with E-state index in [-0.39, 0.29) is 11.4 Å². The molecule has 1 aromatic carbocycles. The molecule has 0 spiro atoms. The van der Waals surface area contributed by atoms with Gasteiger partial charge in [0.05, 0.1) is 21.8 Å². The number of nitrogens with one attached hydrogen (secondary N) is 2. The van der Waals surface area contributed by atoms with Gasteiger partial charge in [0.2, 0.25) is 0 Å². The monoisotopic (exact) mass is 311 g/mol. The van der Waals surface area contributed by atoms with E-state index in [9.17, 15) is 4.79 Å². The van der Waals surface area contributed by atoms with Crippen molar-refractivity contribution in [2.45, 2.75) is 37.6 Å². The highest BCUT2D eigenvalue weighted by Gasteiger charge is 2.16. The van der Waals surface area contributed by atoms with E-state index in [4.69, 9.17) is 23.2 Å². The largest absolute Gasteiger partial charge is 0.382 e. The van der Waals surface area contributed by atoms with Gasteiger partial charge in [0.25, 0.3) is 5.56 Å². The van der Waals surface area contributed by atoms with Gasteiger partial charge in [0.15, 0.2) is 0 Å². The fourth-order valence-corrected chi connectivity index (χ4v) is 3.15. The number of hydrogen-bond donors (Lipinski definition) is 2. The van der Waals surface area contributed by atoms with Gasteiger partial charge in [-0.3, -0.25) is 4.79 Å². The highest BCUT2D eigenvalue weighted by atomic mass is 35.5. The molecule has 106 valence electrons. The first-order valence-corrected chi connectivity index (χ1v) is 7.63. The molecule has 0 aliphatic heterocycles. The van der Waals surface area contributed by atoms with Crippen molar-refractivity contribution in [3.63, 3.8) is 0 Å². The van der Waals surface area contributed by atoms with E-state index in [0.717, 1.165) is 5.69 Å². The maximum atomic E-state index is 12.0. The van der Waals surface area contributed by atoms with Crippen LogP contribution in [0, 0.1) is 0 Å². The third-order valence-electron chi connectivity index (χ3n) is 3.66. The third-order valence-corrected chi connectivity index (χ3v) is 4.21. The van der Waals surface area contributed by atoms with Crippen molar-refractivity contribution in [3.05, 3.63) is 33.3 Å². The maximum absolute atomic E-state index is 12.0. The van der Waals surface area contributed by atoms with Crippen LogP contribution in [-0.4, -0.2) is 16.0 Å². The van der Waals surface area contributed by atoms with Crippen molar-refractivity contribution in [1.82, 2.24) is 9.97 Å². The molecule has 1 fully saturated rings. The van der Waals surface area contributed by atoms with E-state index >= 15 is 0 Å². The first-order valence-electron chi connectivity index (χ1n) is 6.72. The van der Waals surface area contributed by atoms with Crippen molar-refractivity contribution in [2.24, 2.45) is 0 Å². The molecular weight excluding hydrogens is 297 g/mol. The lowest BCUT2D eigenvalue weighted by Crippen LogP contribution is -2.15. The van der Waals surface area contributed by atoms with Crippen molar-refractivity contribution < 1.29 is 0 Å². The average Bonchev–Trinajstić information content (AvgIpc) is 2.90. The molecule has 2 aromatic rings. The summed E-state index contributed by atoms with van der Waals surface area (Å²) in [5.41, 5.74) is 1.24. The van der Waals surface area contributed by atoms with Crippen molar-refractivity contribution in [1.29, 1.82) is 0 Å². The van der Waals surface area contributed by atoms with Gasteiger partial charge in [-0.25, -0.2) is 4.98 Å². The van der Waals surface area contributed by atoms with E-state index in [1.54, 1.807) is 6.07 Å². The molecule has 6 heteroatoms. The molecule has 1 heterocycles. The Hall–Kier alpha value is -1.26. The second-order valence-electron chi connectivity index (χ2n) is 5.12. The Bertz CT molecular complexity index is 693. The molecule has 0 unspecified atom stereocenters. The Labute approximate surface area is 126 Å². The predicted octanol–water partition coefficient (Wildman–Crippen LogP) is 3.67. The van der Waals surface area contributed by atoms with Gasteiger partial charge in [-0.05, 0) is 25.0 Å². The molecule has 0 amide bonds. The number of aromatic amines is 1. The lowest BCUT2D eigenvalue weighted by atomic mass is 10.2. The quantitative estimate of drug-likeness (QED) is 0.850. The Kier molecular flexibility index (Phi) is 3.85. The number of aromatic nitrogens is 2. The fraction of sp³-hybridized carbons (Fsp3) is 0.429. The molecule has 1 aliphatic rings. The van der Waals surface area contributed by atoms with Crippen LogP contribution in [0.2, 0.25) is 5.02 Å². The molecule has 1 aliphatic carbocycles. The SMILES string of the molecule is O=c1[nH]c(CCl)nc2cc(NC3CCCC3)cc(Cl)c12. The number of anilines is 1. The number of hydrogen-bond acceptors (Lipinski definition) is 3. The van der Waals surface area contributed by atoms with Crippen LogP contribution in [-0.2, 0) is 5.88 Å². The minimum Gasteiger partial charge on any atom is -0.382 e. The van der Waals surface area contributed by atoms with Crippen LogP contribution >= 0.6 is 23.2 Å². The number of alkyl halides is 1. The summed E-state index contributed by atoms with van der Waals surface area (Å²) in [5.74, 6) is 0.626.